The van der Waals surface area contributed by atoms with Gasteiger partial charge >= 0.3 is 0 Å². The number of aryl methyl sites for hydroxylation is 1. The van der Waals surface area contributed by atoms with E-state index in [-0.39, 0.29) is 0 Å². The summed E-state index contributed by atoms with van der Waals surface area (Å²) in [7, 11) is 0. The normalized spacial score (nSPS) is 11.1. The first-order valence-corrected chi connectivity index (χ1v) is 7.49. The fourth-order valence-corrected chi connectivity index (χ4v) is 2.10. The fourth-order valence-electron chi connectivity index (χ4n) is 1.91. The van der Waals surface area contributed by atoms with Gasteiger partial charge in [0, 0.05) is 25.1 Å². The van der Waals surface area contributed by atoms with Crippen molar-refractivity contribution in [2.75, 3.05) is 31.5 Å². The highest BCUT2D eigenvalue weighted by molar-refractivity contribution is 6.30. The molecular weight excluding hydrogens is 260 g/mol. The summed E-state index contributed by atoms with van der Waals surface area (Å²) in [6.45, 7) is 12.5. The van der Waals surface area contributed by atoms with E-state index in [1.807, 2.05) is 6.92 Å². The van der Waals surface area contributed by atoms with Gasteiger partial charge in [0.1, 0.15) is 16.8 Å². The zero-order valence-electron chi connectivity index (χ0n) is 12.5. The molecule has 0 aromatic carbocycles. The van der Waals surface area contributed by atoms with Crippen molar-refractivity contribution in [3.8, 4) is 0 Å². The predicted molar refractivity (Wildman–Crippen MR) is 82.1 cm³/mol. The Morgan fingerprint density at radius 2 is 1.84 bits per heavy atom. The highest BCUT2D eigenvalue weighted by Gasteiger charge is 2.09. The lowest BCUT2D eigenvalue weighted by Gasteiger charge is -2.19. The number of rotatable bonds is 8. The molecule has 0 aliphatic carbocycles. The molecule has 0 saturated carbocycles. The zero-order chi connectivity index (χ0) is 14.3. The molecular formula is C14H25ClN4. The van der Waals surface area contributed by atoms with Crippen LogP contribution in [0.2, 0.25) is 5.15 Å². The number of aromatic nitrogens is 2. The second kappa shape index (κ2) is 8.33. The van der Waals surface area contributed by atoms with Crippen molar-refractivity contribution in [2.24, 2.45) is 0 Å². The molecule has 0 radical (unpaired) electrons. The van der Waals surface area contributed by atoms with E-state index in [1.54, 1.807) is 0 Å². The first-order valence-electron chi connectivity index (χ1n) is 7.11. The smallest absolute Gasteiger partial charge is 0.137 e. The van der Waals surface area contributed by atoms with Gasteiger partial charge in [0.25, 0.3) is 0 Å². The maximum atomic E-state index is 6.15. The van der Waals surface area contributed by atoms with Gasteiger partial charge in [0.15, 0.2) is 0 Å². The van der Waals surface area contributed by atoms with Gasteiger partial charge in [-0.15, -0.1) is 0 Å². The van der Waals surface area contributed by atoms with Gasteiger partial charge in [-0.1, -0.05) is 32.4 Å². The molecule has 1 rings (SSSR count). The maximum absolute atomic E-state index is 6.15. The lowest BCUT2D eigenvalue weighted by molar-refractivity contribution is 0.316. The molecule has 1 heterocycles. The molecule has 0 bridgehead atoms. The van der Waals surface area contributed by atoms with E-state index in [1.165, 1.54) is 0 Å². The van der Waals surface area contributed by atoms with E-state index in [2.05, 4.69) is 41.0 Å². The number of nitrogens with one attached hydrogen (secondary N) is 1. The maximum Gasteiger partial charge on any atom is 0.137 e. The van der Waals surface area contributed by atoms with Crippen molar-refractivity contribution in [2.45, 2.75) is 40.5 Å². The Kier molecular flexibility index (Phi) is 7.10. The van der Waals surface area contributed by atoms with Crippen LogP contribution in [-0.2, 0) is 6.42 Å². The molecule has 5 heteroatoms. The average Bonchev–Trinajstić information content (AvgIpc) is 2.40. The van der Waals surface area contributed by atoms with Crippen LogP contribution in [0.15, 0.2) is 0 Å². The molecule has 0 spiro atoms. The highest BCUT2D eigenvalue weighted by Crippen LogP contribution is 2.20. The molecule has 0 aliphatic rings. The van der Waals surface area contributed by atoms with Crippen molar-refractivity contribution in [1.82, 2.24) is 14.9 Å². The summed E-state index contributed by atoms with van der Waals surface area (Å²) in [5.74, 6) is 1.69. The largest absolute Gasteiger partial charge is 0.368 e. The van der Waals surface area contributed by atoms with Crippen LogP contribution in [0.25, 0.3) is 0 Å². The molecule has 4 nitrogen and oxygen atoms in total. The Morgan fingerprint density at radius 3 is 2.42 bits per heavy atom. The minimum absolute atomic E-state index is 0.559. The first kappa shape index (κ1) is 16.2. The fraction of sp³-hybridized carbons (Fsp3) is 0.714. The van der Waals surface area contributed by atoms with Crippen molar-refractivity contribution >= 4 is 17.4 Å². The van der Waals surface area contributed by atoms with Crippen LogP contribution in [0.5, 0.6) is 0 Å². The standard InChI is InChI=1S/C14H25ClN4/c1-5-8-12-17-13(15)11(4)14(18-12)16-9-10-19(6-2)7-3/h5-10H2,1-4H3,(H,16,17,18). The monoisotopic (exact) mass is 284 g/mol. The molecule has 0 atom stereocenters. The van der Waals surface area contributed by atoms with E-state index < -0.39 is 0 Å². The van der Waals surface area contributed by atoms with Gasteiger partial charge in [-0.2, -0.15) is 0 Å². The number of halogens is 1. The highest BCUT2D eigenvalue weighted by atomic mass is 35.5. The molecule has 0 amide bonds. The minimum atomic E-state index is 0.559. The molecule has 1 aromatic rings. The van der Waals surface area contributed by atoms with Crippen molar-refractivity contribution in [1.29, 1.82) is 0 Å². The molecule has 1 aromatic heterocycles. The van der Waals surface area contributed by atoms with E-state index in [4.69, 9.17) is 11.6 Å². The molecule has 0 aliphatic heterocycles. The lowest BCUT2D eigenvalue weighted by atomic mass is 10.3. The second-order valence-electron chi connectivity index (χ2n) is 4.61. The number of hydrogen-bond acceptors (Lipinski definition) is 4. The van der Waals surface area contributed by atoms with Crippen molar-refractivity contribution in [3.05, 3.63) is 16.5 Å². The summed E-state index contributed by atoms with van der Waals surface area (Å²) < 4.78 is 0. The van der Waals surface area contributed by atoms with E-state index in [0.29, 0.717) is 5.15 Å². The minimum Gasteiger partial charge on any atom is -0.368 e. The Hall–Kier alpha value is -0.870. The molecule has 0 fully saturated rings. The number of likely N-dealkylation sites (N-methyl/N-ethyl adjacent to an activating group) is 1. The molecule has 108 valence electrons. The van der Waals surface area contributed by atoms with Crippen LogP contribution in [0.1, 0.15) is 38.6 Å². The van der Waals surface area contributed by atoms with Gasteiger partial charge in [0.05, 0.1) is 0 Å². The van der Waals surface area contributed by atoms with E-state index in [0.717, 1.165) is 56.2 Å². The Bertz CT molecular complexity index is 391. The third-order valence-corrected chi connectivity index (χ3v) is 3.59. The predicted octanol–water partition coefficient (Wildman–Crippen LogP) is 3.14. The topological polar surface area (TPSA) is 41.1 Å². The first-order chi connectivity index (χ1) is 9.12. The zero-order valence-corrected chi connectivity index (χ0v) is 13.2. The third kappa shape index (κ3) is 4.96. The Morgan fingerprint density at radius 1 is 1.16 bits per heavy atom. The van der Waals surface area contributed by atoms with Crippen LogP contribution in [0, 0.1) is 6.92 Å². The average molecular weight is 285 g/mol. The Labute approximate surface area is 121 Å². The van der Waals surface area contributed by atoms with Crippen LogP contribution >= 0.6 is 11.6 Å². The SMILES string of the molecule is CCCc1nc(Cl)c(C)c(NCCN(CC)CC)n1. The van der Waals surface area contributed by atoms with Gasteiger partial charge in [-0.05, 0) is 26.4 Å². The third-order valence-electron chi connectivity index (χ3n) is 3.22. The summed E-state index contributed by atoms with van der Waals surface area (Å²) >= 11 is 6.15. The molecule has 0 saturated heterocycles. The summed E-state index contributed by atoms with van der Waals surface area (Å²) in [6.07, 6.45) is 1.89. The summed E-state index contributed by atoms with van der Waals surface area (Å²) in [5, 5.41) is 3.93. The summed E-state index contributed by atoms with van der Waals surface area (Å²) in [5.41, 5.74) is 0.932. The quantitative estimate of drug-likeness (QED) is 0.745. The van der Waals surface area contributed by atoms with Gasteiger partial charge in [-0.25, -0.2) is 9.97 Å². The van der Waals surface area contributed by atoms with E-state index in [9.17, 15) is 0 Å². The number of nitrogens with zero attached hydrogens (tertiary/aromatic N) is 3. The van der Waals surface area contributed by atoms with Crippen LogP contribution in [0.3, 0.4) is 0 Å². The van der Waals surface area contributed by atoms with Gasteiger partial charge < -0.3 is 10.2 Å². The van der Waals surface area contributed by atoms with E-state index >= 15 is 0 Å². The molecule has 19 heavy (non-hydrogen) atoms. The summed E-state index contributed by atoms with van der Waals surface area (Å²) in [6, 6.07) is 0. The van der Waals surface area contributed by atoms with Crippen LogP contribution in [-0.4, -0.2) is 41.0 Å². The number of anilines is 1. The van der Waals surface area contributed by atoms with Gasteiger partial charge in [0.2, 0.25) is 0 Å². The van der Waals surface area contributed by atoms with Crippen molar-refractivity contribution < 1.29 is 0 Å². The Balaban J connectivity index is 2.66. The van der Waals surface area contributed by atoms with Crippen LogP contribution in [0.4, 0.5) is 5.82 Å². The summed E-state index contributed by atoms with van der Waals surface area (Å²) in [4.78, 5) is 11.2. The van der Waals surface area contributed by atoms with Crippen molar-refractivity contribution in [3.63, 3.8) is 0 Å². The lowest BCUT2D eigenvalue weighted by Crippen LogP contribution is -2.29. The molecule has 0 unspecified atom stereocenters. The molecule has 1 N–H and O–H groups in total. The van der Waals surface area contributed by atoms with Gasteiger partial charge in [-0.3, -0.25) is 0 Å². The van der Waals surface area contributed by atoms with Crippen LogP contribution < -0.4 is 5.32 Å². The second-order valence-corrected chi connectivity index (χ2v) is 4.97. The number of hydrogen-bond donors (Lipinski definition) is 1.